The van der Waals surface area contributed by atoms with Gasteiger partial charge >= 0.3 is 0 Å². The van der Waals surface area contributed by atoms with Gasteiger partial charge in [0.05, 0.1) is 4.90 Å². The number of hydrogen-bond donors (Lipinski definition) is 1. The van der Waals surface area contributed by atoms with Crippen molar-refractivity contribution in [2.45, 2.75) is 18.2 Å². The molecule has 0 amide bonds. The molecule has 0 radical (unpaired) electrons. The summed E-state index contributed by atoms with van der Waals surface area (Å²) in [4.78, 5) is 3.06. The van der Waals surface area contributed by atoms with Gasteiger partial charge in [-0.2, -0.15) is 8.42 Å². The van der Waals surface area contributed by atoms with E-state index in [0.717, 1.165) is 5.56 Å². The first kappa shape index (κ1) is 11.7. The maximum Gasteiger partial charge on any atom is 0.294 e. The maximum absolute atomic E-state index is 11.0. The van der Waals surface area contributed by atoms with Crippen molar-refractivity contribution in [1.82, 2.24) is 0 Å². The normalized spacial score (nSPS) is 11.0. The van der Waals surface area contributed by atoms with Gasteiger partial charge in [0.25, 0.3) is 10.1 Å². The molecule has 0 spiro atoms. The van der Waals surface area contributed by atoms with Crippen LogP contribution in [-0.4, -0.2) is 19.5 Å². The third kappa shape index (κ3) is 3.05. The van der Waals surface area contributed by atoms with Crippen LogP contribution in [0.15, 0.2) is 23.1 Å². The highest BCUT2D eigenvalue weighted by Crippen LogP contribution is 2.17. The fourth-order valence-corrected chi connectivity index (χ4v) is 2.06. The zero-order valence-corrected chi connectivity index (χ0v) is 9.08. The first-order valence-electron chi connectivity index (χ1n) is 4.35. The molecular formula is C10H11NO3S. The molecule has 0 aliphatic heterocycles. The van der Waals surface area contributed by atoms with E-state index in [-0.39, 0.29) is 11.4 Å². The minimum atomic E-state index is -4.18. The zero-order valence-electron chi connectivity index (χ0n) is 8.27. The summed E-state index contributed by atoms with van der Waals surface area (Å²) in [5.41, 5.74) is 1.40. The van der Waals surface area contributed by atoms with E-state index in [1.165, 1.54) is 6.07 Å². The molecule has 0 bridgehead atoms. The SMILES string of the molecule is [C-]#[N+]CCc1cc(C)ccc1S(=O)(=O)O. The summed E-state index contributed by atoms with van der Waals surface area (Å²) in [5, 5.41) is 0. The van der Waals surface area contributed by atoms with Gasteiger partial charge < -0.3 is 4.85 Å². The van der Waals surface area contributed by atoms with Crippen LogP contribution < -0.4 is 0 Å². The fourth-order valence-electron chi connectivity index (χ4n) is 1.33. The quantitative estimate of drug-likeness (QED) is 0.629. The smallest absolute Gasteiger partial charge is 0.294 e. The molecule has 1 rings (SSSR count). The van der Waals surface area contributed by atoms with E-state index in [1.54, 1.807) is 12.1 Å². The average Bonchev–Trinajstić information content (AvgIpc) is 2.12. The van der Waals surface area contributed by atoms with Crippen LogP contribution in [0, 0.1) is 13.5 Å². The van der Waals surface area contributed by atoms with Crippen LogP contribution in [-0.2, 0) is 16.5 Å². The van der Waals surface area contributed by atoms with Crippen molar-refractivity contribution in [3.05, 3.63) is 40.7 Å². The molecule has 1 aromatic rings. The number of hydrogen-bond acceptors (Lipinski definition) is 2. The third-order valence-electron chi connectivity index (χ3n) is 1.99. The minimum absolute atomic E-state index is 0.100. The lowest BCUT2D eigenvalue weighted by Gasteiger charge is -2.05. The largest absolute Gasteiger partial charge is 0.317 e. The number of nitrogens with zero attached hydrogens (tertiary/aromatic N) is 1. The minimum Gasteiger partial charge on any atom is -0.317 e. The molecule has 0 fully saturated rings. The van der Waals surface area contributed by atoms with Gasteiger partial charge in [-0.3, -0.25) is 4.55 Å². The van der Waals surface area contributed by atoms with Gasteiger partial charge in [-0.1, -0.05) is 17.7 Å². The molecule has 0 aliphatic rings. The predicted octanol–water partition coefficient (Wildman–Crippen LogP) is 1.70. The molecule has 0 unspecified atom stereocenters. The van der Waals surface area contributed by atoms with E-state index in [1.807, 2.05) is 6.92 Å². The Hall–Kier alpha value is -1.38. The van der Waals surface area contributed by atoms with Gasteiger partial charge in [-0.25, -0.2) is 6.57 Å². The Morgan fingerprint density at radius 1 is 1.47 bits per heavy atom. The molecule has 15 heavy (non-hydrogen) atoms. The molecule has 1 aromatic carbocycles. The van der Waals surface area contributed by atoms with Crippen molar-refractivity contribution in [1.29, 1.82) is 0 Å². The lowest BCUT2D eigenvalue weighted by molar-refractivity contribution is 0.482. The first-order chi connectivity index (χ1) is 6.95. The Morgan fingerprint density at radius 2 is 2.13 bits per heavy atom. The Balaban J connectivity index is 3.22. The predicted molar refractivity (Wildman–Crippen MR) is 56.2 cm³/mol. The van der Waals surface area contributed by atoms with Crippen molar-refractivity contribution >= 4 is 10.1 Å². The van der Waals surface area contributed by atoms with Crippen molar-refractivity contribution in [2.24, 2.45) is 0 Å². The maximum atomic E-state index is 11.0. The van der Waals surface area contributed by atoms with Crippen molar-refractivity contribution in [3.63, 3.8) is 0 Å². The van der Waals surface area contributed by atoms with Gasteiger partial charge in [0.2, 0.25) is 6.54 Å². The van der Waals surface area contributed by atoms with Crippen molar-refractivity contribution in [2.75, 3.05) is 6.54 Å². The van der Waals surface area contributed by atoms with E-state index in [4.69, 9.17) is 11.1 Å². The molecule has 0 saturated carbocycles. The lowest BCUT2D eigenvalue weighted by atomic mass is 10.1. The van der Waals surface area contributed by atoms with Crippen LogP contribution in [0.4, 0.5) is 0 Å². The van der Waals surface area contributed by atoms with E-state index in [0.29, 0.717) is 12.0 Å². The Kier molecular flexibility index (Phi) is 3.45. The number of benzene rings is 1. The Morgan fingerprint density at radius 3 is 2.67 bits per heavy atom. The van der Waals surface area contributed by atoms with Gasteiger partial charge in [-0.15, -0.1) is 0 Å². The molecule has 80 valence electrons. The van der Waals surface area contributed by atoms with Crippen molar-refractivity contribution in [3.8, 4) is 0 Å². The van der Waals surface area contributed by atoms with Gasteiger partial charge in [0, 0.05) is 6.42 Å². The monoisotopic (exact) mass is 225 g/mol. The summed E-state index contributed by atoms with van der Waals surface area (Å²) < 4.78 is 31.0. The highest BCUT2D eigenvalue weighted by Gasteiger charge is 2.15. The zero-order chi connectivity index (χ0) is 11.5. The van der Waals surface area contributed by atoms with Crippen LogP contribution in [0.2, 0.25) is 0 Å². The van der Waals surface area contributed by atoms with Gasteiger partial charge in [0.1, 0.15) is 0 Å². The standard InChI is InChI=1S/C10H11NO3S/c1-8-3-4-10(15(12,13)14)9(7-8)5-6-11-2/h3-4,7H,5-6H2,1H3,(H,12,13,14). The van der Waals surface area contributed by atoms with Crippen LogP contribution in [0.5, 0.6) is 0 Å². The molecule has 0 aromatic heterocycles. The van der Waals surface area contributed by atoms with E-state index in [9.17, 15) is 8.42 Å². The fraction of sp³-hybridized carbons (Fsp3) is 0.300. The number of rotatable bonds is 3. The summed E-state index contributed by atoms with van der Waals surface area (Å²) in [6.07, 6.45) is 0.334. The Labute approximate surface area is 89.1 Å². The highest BCUT2D eigenvalue weighted by atomic mass is 32.2. The van der Waals surface area contributed by atoms with Crippen molar-refractivity contribution < 1.29 is 13.0 Å². The summed E-state index contributed by atoms with van der Waals surface area (Å²) in [6, 6.07) is 4.66. The second-order valence-corrected chi connectivity index (χ2v) is 4.61. The molecule has 4 nitrogen and oxygen atoms in total. The molecular weight excluding hydrogens is 214 g/mol. The highest BCUT2D eigenvalue weighted by molar-refractivity contribution is 7.85. The van der Waals surface area contributed by atoms with Crippen LogP contribution in [0.1, 0.15) is 11.1 Å². The van der Waals surface area contributed by atoms with Crippen LogP contribution >= 0.6 is 0 Å². The molecule has 1 N–H and O–H groups in total. The summed E-state index contributed by atoms with van der Waals surface area (Å²) in [6.45, 7) is 8.69. The van der Waals surface area contributed by atoms with E-state index in [2.05, 4.69) is 4.85 Å². The van der Waals surface area contributed by atoms with Crippen LogP contribution in [0.25, 0.3) is 4.85 Å². The average molecular weight is 225 g/mol. The van der Waals surface area contributed by atoms with E-state index < -0.39 is 10.1 Å². The summed E-state index contributed by atoms with van der Waals surface area (Å²) in [5.74, 6) is 0. The molecule has 0 atom stereocenters. The first-order valence-corrected chi connectivity index (χ1v) is 5.79. The molecule has 0 aliphatic carbocycles. The second-order valence-electron chi connectivity index (χ2n) is 3.22. The second kappa shape index (κ2) is 4.43. The Bertz CT molecular complexity index is 500. The summed E-state index contributed by atoms with van der Waals surface area (Å²) >= 11 is 0. The topological polar surface area (TPSA) is 58.7 Å². The van der Waals surface area contributed by atoms with Gasteiger partial charge in [-0.05, 0) is 18.6 Å². The van der Waals surface area contributed by atoms with Gasteiger partial charge in [0.15, 0.2) is 0 Å². The molecule has 0 heterocycles. The number of aryl methyl sites for hydroxylation is 1. The third-order valence-corrected chi connectivity index (χ3v) is 2.94. The van der Waals surface area contributed by atoms with E-state index >= 15 is 0 Å². The lowest BCUT2D eigenvalue weighted by Crippen LogP contribution is -2.04. The molecule has 0 saturated heterocycles. The molecule has 5 heteroatoms. The summed E-state index contributed by atoms with van der Waals surface area (Å²) in [7, 11) is -4.18. The van der Waals surface area contributed by atoms with Crippen LogP contribution in [0.3, 0.4) is 0 Å².